The van der Waals surface area contributed by atoms with Gasteiger partial charge in [-0.15, -0.1) is 11.3 Å². The van der Waals surface area contributed by atoms with Gasteiger partial charge >= 0.3 is 0 Å². The van der Waals surface area contributed by atoms with Crippen LogP contribution >= 0.6 is 11.3 Å². The first-order chi connectivity index (χ1) is 11.4. The standard InChI is InChI=1S/C19H11N3S/c1-2-5-13-10-21-16(8-12(13)4-1)17-9-15-14-6-3-7-20-19(14)23-18(15)11-22-17/h1-11H. The van der Waals surface area contributed by atoms with Crippen molar-refractivity contribution < 1.29 is 0 Å². The molecule has 0 spiro atoms. The van der Waals surface area contributed by atoms with Gasteiger partial charge in [-0.25, -0.2) is 4.98 Å². The third-order valence-electron chi connectivity index (χ3n) is 4.03. The van der Waals surface area contributed by atoms with Crippen LogP contribution in [0.4, 0.5) is 0 Å². The first-order valence-electron chi connectivity index (χ1n) is 7.37. The van der Waals surface area contributed by atoms with Crippen LogP contribution in [0.15, 0.2) is 67.1 Å². The molecule has 0 aliphatic heterocycles. The monoisotopic (exact) mass is 313 g/mol. The lowest BCUT2D eigenvalue weighted by Crippen LogP contribution is -1.87. The lowest BCUT2D eigenvalue weighted by Gasteiger charge is -2.03. The van der Waals surface area contributed by atoms with Crippen LogP contribution in [-0.2, 0) is 0 Å². The van der Waals surface area contributed by atoms with E-state index in [1.807, 2.05) is 36.8 Å². The summed E-state index contributed by atoms with van der Waals surface area (Å²) in [5.41, 5.74) is 1.79. The fourth-order valence-electron chi connectivity index (χ4n) is 2.88. The second-order valence-electron chi connectivity index (χ2n) is 5.44. The SMILES string of the molecule is c1ccc2cc(-c3cc4c(cn3)sc3ncccc34)ncc2c1. The van der Waals surface area contributed by atoms with Gasteiger partial charge in [0.2, 0.25) is 0 Å². The summed E-state index contributed by atoms with van der Waals surface area (Å²) in [6.45, 7) is 0. The normalized spacial score (nSPS) is 11.5. The highest BCUT2D eigenvalue weighted by Crippen LogP contribution is 2.33. The molecule has 0 radical (unpaired) electrons. The summed E-state index contributed by atoms with van der Waals surface area (Å²) >= 11 is 1.67. The van der Waals surface area contributed by atoms with Crippen LogP contribution in [0.3, 0.4) is 0 Å². The van der Waals surface area contributed by atoms with Crippen molar-refractivity contribution in [3.63, 3.8) is 0 Å². The van der Waals surface area contributed by atoms with E-state index in [1.165, 1.54) is 16.2 Å². The first kappa shape index (κ1) is 12.7. The van der Waals surface area contributed by atoms with Gasteiger partial charge in [0.15, 0.2) is 0 Å². The summed E-state index contributed by atoms with van der Waals surface area (Å²) in [5, 5.41) is 4.69. The number of fused-ring (bicyclic) bond motifs is 4. The van der Waals surface area contributed by atoms with Crippen molar-refractivity contribution in [2.45, 2.75) is 0 Å². The maximum Gasteiger partial charge on any atom is 0.124 e. The van der Waals surface area contributed by atoms with E-state index >= 15 is 0 Å². The van der Waals surface area contributed by atoms with E-state index in [9.17, 15) is 0 Å². The molecule has 3 nitrogen and oxygen atoms in total. The molecule has 0 atom stereocenters. The van der Waals surface area contributed by atoms with Gasteiger partial charge in [-0.1, -0.05) is 24.3 Å². The Bertz CT molecular complexity index is 1180. The highest BCUT2D eigenvalue weighted by atomic mass is 32.1. The molecule has 0 fully saturated rings. The Hall–Kier alpha value is -2.85. The third kappa shape index (κ3) is 1.99. The summed E-state index contributed by atoms with van der Waals surface area (Å²) < 4.78 is 1.16. The van der Waals surface area contributed by atoms with Gasteiger partial charge in [0.1, 0.15) is 4.83 Å². The average Bonchev–Trinajstić information content (AvgIpc) is 2.99. The van der Waals surface area contributed by atoms with Crippen molar-refractivity contribution in [2.75, 3.05) is 0 Å². The van der Waals surface area contributed by atoms with Gasteiger partial charge in [-0.3, -0.25) is 9.97 Å². The largest absolute Gasteiger partial charge is 0.254 e. The summed E-state index contributed by atoms with van der Waals surface area (Å²) in [4.78, 5) is 14.7. The Balaban J connectivity index is 1.76. The van der Waals surface area contributed by atoms with Crippen LogP contribution in [0.25, 0.3) is 42.5 Å². The number of benzene rings is 1. The number of hydrogen-bond donors (Lipinski definition) is 0. The predicted molar refractivity (Wildman–Crippen MR) is 95.7 cm³/mol. The molecule has 5 aromatic rings. The van der Waals surface area contributed by atoms with Crippen LogP contribution in [0.1, 0.15) is 0 Å². The quantitative estimate of drug-likeness (QED) is 0.434. The minimum atomic E-state index is 0.895. The fourth-order valence-corrected chi connectivity index (χ4v) is 3.87. The van der Waals surface area contributed by atoms with E-state index in [4.69, 9.17) is 0 Å². The molecule has 4 heterocycles. The summed E-state index contributed by atoms with van der Waals surface area (Å²) in [6, 6.07) is 16.5. The Labute approximate surface area is 136 Å². The Morgan fingerprint density at radius 1 is 0.696 bits per heavy atom. The molecule has 4 heteroatoms. The maximum atomic E-state index is 4.60. The van der Waals surface area contributed by atoms with Crippen LogP contribution in [0.5, 0.6) is 0 Å². The van der Waals surface area contributed by atoms with Crippen LogP contribution < -0.4 is 0 Å². The summed E-state index contributed by atoms with van der Waals surface area (Å²) in [6.07, 6.45) is 5.66. The third-order valence-corrected chi connectivity index (χ3v) is 5.09. The number of hydrogen-bond acceptors (Lipinski definition) is 4. The van der Waals surface area contributed by atoms with Gasteiger partial charge in [0.25, 0.3) is 0 Å². The van der Waals surface area contributed by atoms with Crippen molar-refractivity contribution in [3.8, 4) is 11.4 Å². The lowest BCUT2D eigenvalue weighted by atomic mass is 10.1. The van der Waals surface area contributed by atoms with Gasteiger partial charge in [-0.2, -0.15) is 0 Å². The maximum absolute atomic E-state index is 4.60. The first-order valence-corrected chi connectivity index (χ1v) is 8.18. The molecule has 5 rings (SSSR count). The van der Waals surface area contributed by atoms with E-state index < -0.39 is 0 Å². The van der Waals surface area contributed by atoms with E-state index in [0.717, 1.165) is 26.3 Å². The molecule has 108 valence electrons. The van der Waals surface area contributed by atoms with Gasteiger partial charge < -0.3 is 0 Å². The van der Waals surface area contributed by atoms with Crippen molar-refractivity contribution in [1.29, 1.82) is 0 Å². The molecule has 0 unspecified atom stereocenters. The average molecular weight is 313 g/mol. The molecular weight excluding hydrogens is 302 g/mol. The molecule has 1 aromatic carbocycles. The molecule has 0 aliphatic rings. The summed E-state index contributed by atoms with van der Waals surface area (Å²) in [7, 11) is 0. The molecule has 0 amide bonds. The van der Waals surface area contributed by atoms with E-state index in [2.05, 4.69) is 45.3 Å². The zero-order valence-corrected chi connectivity index (χ0v) is 12.9. The topological polar surface area (TPSA) is 38.7 Å². The zero-order chi connectivity index (χ0) is 15.2. The number of thiophene rings is 1. The number of aromatic nitrogens is 3. The van der Waals surface area contributed by atoms with E-state index in [-0.39, 0.29) is 0 Å². The van der Waals surface area contributed by atoms with Crippen molar-refractivity contribution in [3.05, 3.63) is 67.1 Å². The highest BCUT2D eigenvalue weighted by Gasteiger charge is 2.09. The number of pyridine rings is 3. The van der Waals surface area contributed by atoms with Crippen molar-refractivity contribution in [2.24, 2.45) is 0 Å². The second kappa shape index (κ2) is 4.83. The number of rotatable bonds is 1. The molecule has 4 aromatic heterocycles. The minimum absolute atomic E-state index is 0.895. The zero-order valence-electron chi connectivity index (χ0n) is 12.1. The number of nitrogens with zero attached hydrogens (tertiary/aromatic N) is 3. The fraction of sp³-hybridized carbons (Fsp3) is 0. The van der Waals surface area contributed by atoms with Gasteiger partial charge in [-0.05, 0) is 29.7 Å². The molecule has 0 aliphatic carbocycles. The van der Waals surface area contributed by atoms with Gasteiger partial charge in [0.05, 0.1) is 16.1 Å². The van der Waals surface area contributed by atoms with E-state index in [0.29, 0.717) is 0 Å². The highest BCUT2D eigenvalue weighted by molar-refractivity contribution is 7.25. The Kier molecular flexibility index (Phi) is 2.66. The van der Waals surface area contributed by atoms with Crippen molar-refractivity contribution >= 4 is 42.4 Å². The smallest absolute Gasteiger partial charge is 0.124 e. The van der Waals surface area contributed by atoms with Crippen molar-refractivity contribution in [1.82, 2.24) is 15.0 Å². The molecule has 23 heavy (non-hydrogen) atoms. The van der Waals surface area contributed by atoms with Gasteiger partial charge in [0, 0.05) is 34.7 Å². The predicted octanol–water partition coefficient (Wildman–Crippen LogP) is 5.06. The molecular formula is C19H11N3S. The molecule has 0 N–H and O–H groups in total. The molecule has 0 bridgehead atoms. The van der Waals surface area contributed by atoms with Crippen LogP contribution in [0.2, 0.25) is 0 Å². The van der Waals surface area contributed by atoms with E-state index in [1.54, 1.807) is 11.3 Å². The minimum Gasteiger partial charge on any atom is -0.254 e. The van der Waals surface area contributed by atoms with Crippen LogP contribution in [-0.4, -0.2) is 15.0 Å². The Morgan fingerprint density at radius 2 is 1.52 bits per heavy atom. The van der Waals surface area contributed by atoms with Crippen LogP contribution in [0, 0.1) is 0 Å². The summed E-state index contributed by atoms with van der Waals surface area (Å²) in [5.74, 6) is 0. The Morgan fingerprint density at radius 3 is 2.48 bits per heavy atom. The molecule has 0 saturated heterocycles. The lowest BCUT2D eigenvalue weighted by molar-refractivity contribution is 1.28. The molecule has 0 saturated carbocycles. The second-order valence-corrected chi connectivity index (χ2v) is 6.47.